The van der Waals surface area contributed by atoms with Crippen molar-refractivity contribution >= 4 is 0 Å². The molecule has 2 nitrogen and oxygen atoms in total. The first-order chi connectivity index (χ1) is 5.74. The average Bonchev–Trinajstić information content (AvgIpc) is 2.18. The van der Waals surface area contributed by atoms with Gasteiger partial charge in [-0.2, -0.15) is 0 Å². The lowest BCUT2D eigenvalue weighted by molar-refractivity contribution is 0.226. The van der Waals surface area contributed by atoms with E-state index in [1.807, 2.05) is 0 Å². The fraction of sp³-hybridized carbons (Fsp3) is 1.00. The van der Waals surface area contributed by atoms with Gasteiger partial charge in [-0.3, -0.25) is 0 Å². The molecule has 2 aliphatic rings. The summed E-state index contributed by atoms with van der Waals surface area (Å²) in [7, 11) is 2.25. The Morgan fingerprint density at radius 1 is 1.08 bits per heavy atom. The standard InChI is InChI=1S/C10H20N2/c1-12-6-8-2-3-9(7-12)5-10(11)4-8/h8-10H,2-7,11H2,1H3. The zero-order valence-corrected chi connectivity index (χ0v) is 8.00. The Morgan fingerprint density at radius 2 is 1.58 bits per heavy atom. The molecule has 12 heavy (non-hydrogen) atoms. The monoisotopic (exact) mass is 168 g/mol. The van der Waals surface area contributed by atoms with Crippen molar-refractivity contribution in [2.24, 2.45) is 17.6 Å². The van der Waals surface area contributed by atoms with Crippen molar-refractivity contribution in [2.75, 3.05) is 20.1 Å². The second kappa shape index (κ2) is 3.35. The van der Waals surface area contributed by atoms with Crippen LogP contribution >= 0.6 is 0 Å². The van der Waals surface area contributed by atoms with E-state index in [-0.39, 0.29) is 0 Å². The van der Waals surface area contributed by atoms with Crippen molar-refractivity contribution in [3.63, 3.8) is 0 Å². The van der Waals surface area contributed by atoms with Gasteiger partial charge in [0, 0.05) is 19.1 Å². The molecule has 70 valence electrons. The molecular formula is C10H20N2. The zero-order valence-electron chi connectivity index (χ0n) is 8.00. The van der Waals surface area contributed by atoms with Crippen LogP contribution < -0.4 is 5.73 Å². The van der Waals surface area contributed by atoms with E-state index in [4.69, 9.17) is 5.73 Å². The summed E-state index contributed by atoms with van der Waals surface area (Å²) in [5.41, 5.74) is 6.05. The van der Waals surface area contributed by atoms with Crippen LogP contribution in [0, 0.1) is 11.8 Å². The molecule has 0 aromatic rings. The summed E-state index contributed by atoms with van der Waals surface area (Å²) < 4.78 is 0. The lowest BCUT2D eigenvalue weighted by Crippen LogP contribution is -2.35. The third-order valence-electron chi connectivity index (χ3n) is 3.40. The van der Waals surface area contributed by atoms with Gasteiger partial charge in [-0.05, 0) is 44.6 Å². The number of hydrogen-bond acceptors (Lipinski definition) is 2. The summed E-state index contributed by atoms with van der Waals surface area (Å²) in [5, 5.41) is 0. The highest BCUT2D eigenvalue weighted by Crippen LogP contribution is 2.30. The lowest BCUT2D eigenvalue weighted by atomic mass is 9.96. The first-order valence-electron chi connectivity index (χ1n) is 5.18. The first-order valence-corrected chi connectivity index (χ1v) is 5.18. The number of nitrogens with zero attached hydrogens (tertiary/aromatic N) is 1. The molecule has 2 rings (SSSR count). The van der Waals surface area contributed by atoms with Crippen LogP contribution in [0.3, 0.4) is 0 Å². The predicted molar refractivity (Wildman–Crippen MR) is 50.9 cm³/mol. The molecule has 2 heteroatoms. The molecule has 0 aromatic carbocycles. The summed E-state index contributed by atoms with van der Waals surface area (Å²) in [6.45, 7) is 2.56. The van der Waals surface area contributed by atoms with E-state index in [1.54, 1.807) is 0 Å². The van der Waals surface area contributed by atoms with Crippen molar-refractivity contribution in [3.8, 4) is 0 Å². The highest BCUT2D eigenvalue weighted by Gasteiger charge is 2.28. The summed E-state index contributed by atoms with van der Waals surface area (Å²) in [4.78, 5) is 2.49. The van der Waals surface area contributed by atoms with Crippen molar-refractivity contribution in [1.82, 2.24) is 4.90 Å². The molecule has 1 saturated heterocycles. The second-order valence-electron chi connectivity index (χ2n) is 4.76. The quantitative estimate of drug-likeness (QED) is 0.586. The highest BCUT2D eigenvalue weighted by atomic mass is 15.1. The summed E-state index contributed by atoms with van der Waals surface area (Å²) in [6, 6.07) is 0.496. The Balaban J connectivity index is 2.07. The van der Waals surface area contributed by atoms with Gasteiger partial charge in [-0.25, -0.2) is 0 Å². The minimum atomic E-state index is 0.496. The maximum atomic E-state index is 6.05. The van der Waals surface area contributed by atoms with Crippen molar-refractivity contribution in [1.29, 1.82) is 0 Å². The van der Waals surface area contributed by atoms with Crippen LogP contribution in [0.1, 0.15) is 25.7 Å². The summed E-state index contributed by atoms with van der Waals surface area (Å²) in [6.07, 6.45) is 5.37. The predicted octanol–water partition coefficient (Wildman–Crippen LogP) is 1.07. The second-order valence-corrected chi connectivity index (χ2v) is 4.76. The topological polar surface area (TPSA) is 29.3 Å². The van der Waals surface area contributed by atoms with Gasteiger partial charge in [0.15, 0.2) is 0 Å². The molecule has 0 radical (unpaired) electrons. The van der Waals surface area contributed by atoms with Crippen LogP contribution in [0.25, 0.3) is 0 Å². The molecule has 0 aromatic heterocycles. The minimum absolute atomic E-state index is 0.496. The maximum Gasteiger partial charge on any atom is 0.00450 e. The normalized spacial score (nSPS) is 44.0. The van der Waals surface area contributed by atoms with E-state index in [2.05, 4.69) is 11.9 Å². The molecule has 2 bridgehead atoms. The number of hydrogen-bond donors (Lipinski definition) is 1. The molecule has 1 heterocycles. The van der Waals surface area contributed by atoms with Gasteiger partial charge in [0.1, 0.15) is 0 Å². The number of rotatable bonds is 0. The zero-order chi connectivity index (χ0) is 8.55. The maximum absolute atomic E-state index is 6.05. The summed E-state index contributed by atoms with van der Waals surface area (Å²) in [5.74, 6) is 1.77. The Kier molecular flexibility index (Phi) is 2.37. The molecule has 2 fully saturated rings. The van der Waals surface area contributed by atoms with Crippen LogP contribution in [0.15, 0.2) is 0 Å². The molecule has 1 saturated carbocycles. The van der Waals surface area contributed by atoms with Crippen molar-refractivity contribution < 1.29 is 0 Å². The van der Waals surface area contributed by atoms with Gasteiger partial charge < -0.3 is 10.6 Å². The van der Waals surface area contributed by atoms with Crippen LogP contribution in [-0.4, -0.2) is 31.1 Å². The number of likely N-dealkylation sites (tertiary alicyclic amines) is 1. The Bertz CT molecular complexity index is 128. The molecule has 2 atom stereocenters. The molecular weight excluding hydrogens is 148 g/mol. The smallest absolute Gasteiger partial charge is 0.00450 e. The van der Waals surface area contributed by atoms with E-state index < -0.39 is 0 Å². The van der Waals surface area contributed by atoms with Gasteiger partial charge >= 0.3 is 0 Å². The van der Waals surface area contributed by atoms with Crippen LogP contribution in [-0.2, 0) is 0 Å². The van der Waals surface area contributed by atoms with Crippen LogP contribution in [0.2, 0.25) is 0 Å². The molecule has 1 aliphatic heterocycles. The Morgan fingerprint density at radius 3 is 2.08 bits per heavy atom. The SMILES string of the molecule is CN1CC2CCC(CC(N)C2)C1. The fourth-order valence-electron chi connectivity index (χ4n) is 2.95. The molecule has 0 spiro atoms. The Hall–Kier alpha value is -0.0800. The Labute approximate surface area is 75.1 Å². The van der Waals surface area contributed by atoms with Crippen LogP contribution in [0.4, 0.5) is 0 Å². The fourth-order valence-corrected chi connectivity index (χ4v) is 2.95. The molecule has 2 unspecified atom stereocenters. The lowest BCUT2D eigenvalue weighted by Gasteiger charge is -2.27. The van der Waals surface area contributed by atoms with E-state index in [1.165, 1.54) is 38.8 Å². The average molecular weight is 168 g/mol. The third-order valence-corrected chi connectivity index (χ3v) is 3.40. The van der Waals surface area contributed by atoms with Crippen molar-refractivity contribution in [3.05, 3.63) is 0 Å². The molecule has 2 N–H and O–H groups in total. The summed E-state index contributed by atoms with van der Waals surface area (Å²) >= 11 is 0. The van der Waals surface area contributed by atoms with E-state index in [0.29, 0.717) is 6.04 Å². The number of fused-ring (bicyclic) bond motifs is 3. The van der Waals surface area contributed by atoms with E-state index >= 15 is 0 Å². The molecule has 0 amide bonds. The van der Waals surface area contributed by atoms with Gasteiger partial charge in [0.25, 0.3) is 0 Å². The van der Waals surface area contributed by atoms with Crippen LogP contribution in [0.5, 0.6) is 0 Å². The van der Waals surface area contributed by atoms with E-state index in [0.717, 1.165) is 11.8 Å². The van der Waals surface area contributed by atoms with Crippen molar-refractivity contribution in [2.45, 2.75) is 31.7 Å². The van der Waals surface area contributed by atoms with Gasteiger partial charge in [0.2, 0.25) is 0 Å². The van der Waals surface area contributed by atoms with Gasteiger partial charge in [-0.1, -0.05) is 0 Å². The molecule has 1 aliphatic carbocycles. The first kappa shape index (κ1) is 8.52. The number of nitrogens with two attached hydrogens (primary N) is 1. The largest absolute Gasteiger partial charge is 0.328 e. The highest BCUT2D eigenvalue weighted by molar-refractivity contribution is 4.84. The third kappa shape index (κ3) is 1.80. The van der Waals surface area contributed by atoms with Gasteiger partial charge in [-0.15, -0.1) is 0 Å². The van der Waals surface area contributed by atoms with Gasteiger partial charge in [0.05, 0.1) is 0 Å². The minimum Gasteiger partial charge on any atom is -0.328 e. The van der Waals surface area contributed by atoms with E-state index in [9.17, 15) is 0 Å².